The van der Waals surface area contributed by atoms with E-state index in [4.69, 9.17) is 9.72 Å². The second-order valence-corrected chi connectivity index (χ2v) is 12.9. The average molecular weight is 523 g/mol. The zero-order valence-electron chi connectivity index (χ0n) is 20.8. The van der Waals surface area contributed by atoms with Crippen LogP contribution in [0, 0.1) is 0 Å². The number of hydrogen-bond donors (Lipinski definition) is 1. The Balaban J connectivity index is 1.46. The minimum Gasteiger partial charge on any atom is -0.458 e. The van der Waals surface area contributed by atoms with E-state index in [1.54, 1.807) is 17.6 Å². The van der Waals surface area contributed by atoms with Gasteiger partial charge in [-0.2, -0.15) is 0 Å². The highest BCUT2D eigenvalue weighted by molar-refractivity contribution is 8.19. The van der Waals surface area contributed by atoms with Crippen molar-refractivity contribution in [2.45, 2.75) is 75.7 Å². The van der Waals surface area contributed by atoms with Crippen LogP contribution >= 0.6 is 23.5 Å². The van der Waals surface area contributed by atoms with Crippen LogP contribution in [0.25, 0.3) is 22.3 Å². The molecule has 3 aliphatic rings. The summed E-state index contributed by atoms with van der Waals surface area (Å²) in [6.07, 6.45) is 3.15. The van der Waals surface area contributed by atoms with Gasteiger partial charge >= 0.3 is 5.97 Å². The highest BCUT2D eigenvalue weighted by Crippen LogP contribution is 2.41. The number of carbonyl (C=O) groups excluding carboxylic acids is 1. The van der Waals surface area contributed by atoms with Crippen LogP contribution in [-0.2, 0) is 41.1 Å². The average Bonchev–Trinajstić information content (AvgIpc) is 3.46. The Morgan fingerprint density at radius 1 is 1.19 bits per heavy atom. The maximum absolute atomic E-state index is 13.5. The molecule has 0 radical (unpaired) electrons. The molecule has 1 N–H and O–H groups in total. The van der Waals surface area contributed by atoms with Gasteiger partial charge in [0.15, 0.2) is 5.60 Å². The summed E-state index contributed by atoms with van der Waals surface area (Å²) in [5.41, 5.74) is 4.63. The molecule has 0 bridgehead atoms. The summed E-state index contributed by atoms with van der Waals surface area (Å²) in [7, 11) is 0. The molecule has 8 heteroatoms. The lowest BCUT2D eigenvalue weighted by Crippen LogP contribution is -2.44. The Hall–Kier alpha value is -2.29. The van der Waals surface area contributed by atoms with E-state index in [-0.39, 0.29) is 18.6 Å². The maximum atomic E-state index is 13.5. The predicted octanol–water partition coefficient (Wildman–Crippen LogP) is 4.77. The van der Waals surface area contributed by atoms with Gasteiger partial charge in [-0.15, -0.1) is 23.5 Å². The van der Waals surface area contributed by atoms with Crippen molar-refractivity contribution >= 4 is 40.4 Å². The van der Waals surface area contributed by atoms with Crippen LogP contribution in [0.4, 0.5) is 0 Å². The molecule has 6 rings (SSSR count). The maximum Gasteiger partial charge on any atom is 0.343 e. The number of benzene rings is 1. The fraction of sp³-hybridized carbons (Fsp3) is 0.464. The molecule has 3 atom stereocenters. The highest BCUT2D eigenvalue weighted by atomic mass is 32.2. The van der Waals surface area contributed by atoms with E-state index < -0.39 is 11.6 Å². The summed E-state index contributed by atoms with van der Waals surface area (Å²) in [5, 5.41) is 14.8. The second kappa shape index (κ2) is 8.92. The van der Waals surface area contributed by atoms with E-state index in [0.29, 0.717) is 33.9 Å². The molecule has 0 saturated carbocycles. The smallest absolute Gasteiger partial charge is 0.343 e. The minimum atomic E-state index is -1.81. The van der Waals surface area contributed by atoms with Gasteiger partial charge in [0.2, 0.25) is 0 Å². The number of pyridine rings is 2. The first-order chi connectivity index (χ1) is 17.4. The first kappa shape index (κ1) is 24.1. The fourth-order valence-corrected chi connectivity index (χ4v) is 9.12. The lowest BCUT2D eigenvalue weighted by molar-refractivity contribution is -0.172. The van der Waals surface area contributed by atoms with Crippen LogP contribution in [0.15, 0.2) is 29.1 Å². The topological polar surface area (TPSA) is 81.4 Å². The molecule has 36 heavy (non-hydrogen) atoms. The zero-order valence-corrected chi connectivity index (χ0v) is 22.4. The molecular weight excluding hydrogens is 492 g/mol. The summed E-state index contributed by atoms with van der Waals surface area (Å²) in [4.78, 5) is 31.0. The number of esters is 1. The number of aromatic nitrogens is 2. The second-order valence-electron chi connectivity index (χ2n) is 9.96. The molecule has 2 aromatic heterocycles. The van der Waals surface area contributed by atoms with Crippen molar-refractivity contribution in [3.8, 4) is 11.4 Å². The highest BCUT2D eigenvalue weighted by Gasteiger charge is 2.45. The van der Waals surface area contributed by atoms with Gasteiger partial charge in [-0.3, -0.25) is 4.79 Å². The van der Waals surface area contributed by atoms with Crippen molar-refractivity contribution < 1.29 is 14.6 Å². The van der Waals surface area contributed by atoms with Crippen LogP contribution < -0.4 is 5.56 Å². The van der Waals surface area contributed by atoms with E-state index in [2.05, 4.69) is 43.8 Å². The van der Waals surface area contributed by atoms with Gasteiger partial charge in [0.25, 0.3) is 5.56 Å². The molecule has 3 aromatic rings. The molecular formula is C28H30N2O4S2. The normalized spacial score (nSPS) is 24.5. The van der Waals surface area contributed by atoms with Crippen molar-refractivity contribution in [2.75, 3.05) is 5.08 Å². The van der Waals surface area contributed by atoms with Gasteiger partial charge < -0.3 is 14.4 Å². The van der Waals surface area contributed by atoms with Crippen molar-refractivity contribution in [2.24, 2.45) is 0 Å². The van der Waals surface area contributed by atoms with E-state index in [1.807, 2.05) is 11.8 Å². The summed E-state index contributed by atoms with van der Waals surface area (Å²) < 4.78 is 6.92. The molecule has 0 aliphatic carbocycles. The molecule has 3 aliphatic heterocycles. The SMILES string of the molecule is CCc1c2c(nc3cc(CC[C@H]4SCSC4C)ccc13)-c1cc3c(c(=O)n1C2)COC(=O)[C@]3(O)CC. The van der Waals surface area contributed by atoms with E-state index >= 15 is 0 Å². The van der Waals surface area contributed by atoms with Gasteiger partial charge in [-0.25, -0.2) is 9.78 Å². The van der Waals surface area contributed by atoms with E-state index in [0.717, 1.165) is 41.4 Å². The lowest BCUT2D eigenvalue weighted by Gasteiger charge is -2.31. The van der Waals surface area contributed by atoms with Gasteiger partial charge in [0, 0.05) is 32.1 Å². The number of thioether (sulfide) groups is 2. The predicted molar refractivity (Wildman–Crippen MR) is 146 cm³/mol. The van der Waals surface area contributed by atoms with Crippen LogP contribution in [0.5, 0.6) is 0 Å². The summed E-state index contributed by atoms with van der Waals surface area (Å²) in [6, 6.07) is 8.41. The molecule has 1 saturated heterocycles. The third-order valence-corrected chi connectivity index (χ3v) is 11.3. The zero-order chi connectivity index (χ0) is 25.2. The quantitative estimate of drug-likeness (QED) is 0.378. The largest absolute Gasteiger partial charge is 0.458 e. The summed E-state index contributed by atoms with van der Waals surface area (Å²) >= 11 is 4.11. The number of fused-ring (bicyclic) bond motifs is 5. The van der Waals surface area contributed by atoms with E-state index in [9.17, 15) is 14.7 Å². The number of cyclic esters (lactones) is 1. The number of ether oxygens (including phenoxy) is 1. The van der Waals surface area contributed by atoms with E-state index in [1.165, 1.54) is 16.2 Å². The molecule has 6 nitrogen and oxygen atoms in total. The molecule has 1 unspecified atom stereocenters. The molecule has 5 heterocycles. The standard InChI is InChI=1S/C28H30N2O4S2/c1-4-17-18-8-6-16(7-9-24-15(3)35-14-36-24)10-22(18)29-25-19(17)12-30-23(25)11-21-20(26(30)31)13-34-27(32)28(21,33)5-2/h6,8,10-11,15,24,33H,4-5,7,9,12-14H2,1-3H3/t15?,24-,28+/m1/s1. The Morgan fingerprint density at radius 2 is 2.03 bits per heavy atom. The number of hydrogen-bond acceptors (Lipinski definition) is 7. The van der Waals surface area contributed by atoms with Crippen LogP contribution in [0.3, 0.4) is 0 Å². The summed E-state index contributed by atoms with van der Waals surface area (Å²) in [5.74, 6) is -0.696. The fourth-order valence-electron chi connectivity index (χ4n) is 5.87. The van der Waals surface area contributed by atoms with Gasteiger partial charge in [-0.1, -0.05) is 32.9 Å². The van der Waals surface area contributed by atoms with Crippen molar-refractivity contribution in [1.82, 2.24) is 9.55 Å². The third kappa shape index (κ3) is 3.56. The third-order valence-electron chi connectivity index (χ3n) is 8.08. The molecule has 0 amide bonds. The van der Waals surface area contributed by atoms with Crippen LogP contribution in [0.2, 0.25) is 0 Å². The van der Waals surface area contributed by atoms with Gasteiger partial charge in [0.05, 0.1) is 29.0 Å². The Kier molecular flexibility index (Phi) is 5.97. The first-order valence-electron chi connectivity index (χ1n) is 12.7. The molecule has 188 valence electrons. The van der Waals surface area contributed by atoms with Crippen LogP contribution in [-0.4, -0.2) is 36.2 Å². The van der Waals surface area contributed by atoms with Gasteiger partial charge in [0.1, 0.15) is 6.61 Å². The van der Waals surface area contributed by atoms with Crippen molar-refractivity contribution in [3.05, 3.63) is 62.4 Å². The Bertz CT molecular complexity index is 1470. The minimum absolute atomic E-state index is 0.109. The first-order valence-corrected chi connectivity index (χ1v) is 14.8. The Labute approximate surface area is 218 Å². The van der Waals surface area contributed by atoms with Crippen molar-refractivity contribution in [3.63, 3.8) is 0 Å². The number of carbonyl (C=O) groups is 1. The lowest BCUT2D eigenvalue weighted by atomic mass is 9.86. The van der Waals surface area contributed by atoms with Crippen molar-refractivity contribution in [1.29, 1.82) is 0 Å². The number of aliphatic hydroxyl groups is 1. The monoisotopic (exact) mass is 522 g/mol. The number of rotatable bonds is 5. The van der Waals surface area contributed by atoms with Crippen LogP contribution in [0.1, 0.15) is 61.4 Å². The number of nitrogens with zero attached hydrogens (tertiary/aromatic N) is 2. The molecule has 1 aromatic carbocycles. The van der Waals surface area contributed by atoms with Gasteiger partial charge in [-0.05, 0) is 48.9 Å². The molecule has 1 fully saturated rings. The molecule has 0 spiro atoms. The summed E-state index contributed by atoms with van der Waals surface area (Å²) in [6.45, 7) is 6.52. The number of aryl methyl sites for hydroxylation is 2. The Morgan fingerprint density at radius 3 is 2.75 bits per heavy atom.